The number of benzene rings is 6. The van der Waals surface area contributed by atoms with Crippen LogP contribution in [-0.2, 0) is 6.42 Å². The Kier molecular flexibility index (Phi) is 5.60. The maximum atomic E-state index is 2.38. The van der Waals surface area contributed by atoms with E-state index in [1.807, 2.05) is 0 Å². The normalized spacial score (nSPS) is 11.3. The van der Waals surface area contributed by atoms with Gasteiger partial charge in [0, 0.05) is 16.5 Å². The molecule has 7 aromatic rings. The van der Waals surface area contributed by atoms with Crippen LogP contribution in [-0.4, -0.2) is 4.57 Å². The van der Waals surface area contributed by atoms with Crippen molar-refractivity contribution in [2.24, 2.45) is 0 Å². The lowest BCUT2D eigenvalue weighted by Gasteiger charge is -2.10. The average Bonchev–Trinajstić information content (AvgIpc) is 3.32. The lowest BCUT2D eigenvalue weighted by molar-refractivity contribution is 1.18. The third-order valence-electron chi connectivity index (χ3n) is 7.44. The Hall–Kier alpha value is -4.88. The predicted molar refractivity (Wildman–Crippen MR) is 161 cm³/mol. The van der Waals surface area contributed by atoms with Crippen molar-refractivity contribution in [1.29, 1.82) is 0 Å². The van der Waals surface area contributed by atoms with E-state index in [9.17, 15) is 0 Å². The second-order valence-electron chi connectivity index (χ2n) is 9.86. The highest BCUT2D eigenvalue weighted by Crippen LogP contribution is 2.35. The number of hydrogen-bond acceptors (Lipinski definition) is 0. The van der Waals surface area contributed by atoms with Crippen LogP contribution in [0.4, 0.5) is 0 Å². The maximum absolute atomic E-state index is 2.38. The van der Waals surface area contributed by atoms with Crippen molar-refractivity contribution in [2.75, 3.05) is 0 Å². The molecule has 0 aliphatic heterocycles. The Labute approximate surface area is 223 Å². The van der Waals surface area contributed by atoms with Crippen molar-refractivity contribution in [3.05, 3.63) is 163 Å². The van der Waals surface area contributed by atoms with Gasteiger partial charge in [-0.15, -0.1) is 0 Å². The van der Waals surface area contributed by atoms with Gasteiger partial charge in [0.1, 0.15) is 0 Å². The summed E-state index contributed by atoms with van der Waals surface area (Å²) in [6.07, 6.45) is 0.955. The largest absolute Gasteiger partial charge is 0.309 e. The molecule has 0 amide bonds. The number of fused-ring (bicyclic) bond motifs is 3. The summed E-state index contributed by atoms with van der Waals surface area (Å²) in [5, 5.41) is 2.55. The first kappa shape index (κ1) is 22.3. The van der Waals surface area contributed by atoms with E-state index in [1.54, 1.807) is 0 Å². The van der Waals surface area contributed by atoms with Crippen molar-refractivity contribution in [2.45, 2.75) is 6.42 Å². The standard InChI is InChI=1S/C37H27N/c1-3-9-27(10-4-1)25-28-15-17-31(18-16-28)32-21-24-37-35(26-32)34-13-7-8-14-36(34)38(37)33-22-19-30(20-23-33)29-11-5-2-6-12-29/h1-24,26H,25H2. The molecule has 0 bridgehead atoms. The lowest BCUT2D eigenvalue weighted by atomic mass is 9.99. The van der Waals surface area contributed by atoms with Crippen LogP contribution in [0.5, 0.6) is 0 Å². The van der Waals surface area contributed by atoms with Gasteiger partial charge in [0.05, 0.1) is 11.0 Å². The van der Waals surface area contributed by atoms with E-state index in [-0.39, 0.29) is 0 Å². The summed E-state index contributed by atoms with van der Waals surface area (Å²) in [6, 6.07) is 54.7. The summed E-state index contributed by atoms with van der Waals surface area (Å²) in [5.74, 6) is 0. The first-order chi connectivity index (χ1) is 18.8. The molecule has 7 rings (SSSR count). The second kappa shape index (κ2) is 9.53. The van der Waals surface area contributed by atoms with Gasteiger partial charge in [0.2, 0.25) is 0 Å². The lowest BCUT2D eigenvalue weighted by Crippen LogP contribution is -1.93. The molecule has 1 aromatic heterocycles. The van der Waals surface area contributed by atoms with Gasteiger partial charge >= 0.3 is 0 Å². The Morgan fingerprint density at radius 1 is 0.368 bits per heavy atom. The zero-order chi connectivity index (χ0) is 25.3. The summed E-state index contributed by atoms with van der Waals surface area (Å²) in [4.78, 5) is 0. The van der Waals surface area contributed by atoms with Crippen LogP contribution in [0.1, 0.15) is 11.1 Å². The minimum Gasteiger partial charge on any atom is -0.309 e. The molecule has 1 heteroatoms. The third kappa shape index (κ3) is 4.09. The molecule has 1 nitrogen and oxygen atoms in total. The first-order valence-electron chi connectivity index (χ1n) is 13.2. The van der Waals surface area contributed by atoms with Gasteiger partial charge in [0.15, 0.2) is 0 Å². The van der Waals surface area contributed by atoms with E-state index >= 15 is 0 Å². The fraction of sp³-hybridized carbons (Fsp3) is 0.0270. The molecule has 6 aromatic carbocycles. The Morgan fingerprint density at radius 2 is 0.895 bits per heavy atom. The quantitative estimate of drug-likeness (QED) is 0.229. The van der Waals surface area contributed by atoms with Crippen LogP contribution in [0.15, 0.2) is 152 Å². The third-order valence-corrected chi connectivity index (χ3v) is 7.44. The van der Waals surface area contributed by atoms with Crippen molar-refractivity contribution in [3.63, 3.8) is 0 Å². The molecule has 0 unspecified atom stereocenters. The van der Waals surface area contributed by atoms with E-state index in [1.165, 1.54) is 60.9 Å². The minimum atomic E-state index is 0.955. The highest BCUT2D eigenvalue weighted by atomic mass is 15.0. The van der Waals surface area contributed by atoms with Crippen LogP contribution in [0, 0.1) is 0 Å². The van der Waals surface area contributed by atoms with Crippen molar-refractivity contribution >= 4 is 21.8 Å². The SMILES string of the molecule is c1ccc(Cc2ccc(-c3ccc4c(c3)c3ccccc3n4-c3ccc(-c4ccccc4)cc3)cc2)cc1. The number of aromatic nitrogens is 1. The zero-order valence-corrected chi connectivity index (χ0v) is 21.1. The molecule has 0 saturated heterocycles. The van der Waals surface area contributed by atoms with Crippen molar-refractivity contribution in [1.82, 2.24) is 4.57 Å². The van der Waals surface area contributed by atoms with E-state index in [4.69, 9.17) is 0 Å². The smallest absolute Gasteiger partial charge is 0.0541 e. The van der Waals surface area contributed by atoms with Gasteiger partial charge in [-0.05, 0) is 70.1 Å². The fourth-order valence-corrected chi connectivity index (χ4v) is 5.51. The van der Waals surface area contributed by atoms with Crippen LogP contribution in [0.2, 0.25) is 0 Å². The molecule has 0 aliphatic carbocycles. The highest BCUT2D eigenvalue weighted by Gasteiger charge is 2.13. The van der Waals surface area contributed by atoms with Gasteiger partial charge in [-0.25, -0.2) is 0 Å². The van der Waals surface area contributed by atoms with Crippen LogP contribution < -0.4 is 0 Å². The average molecular weight is 486 g/mol. The van der Waals surface area contributed by atoms with E-state index in [0.717, 1.165) is 6.42 Å². The van der Waals surface area contributed by atoms with Gasteiger partial charge in [0.25, 0.3) is 0 Å². The molecular weight excluding hydrogens is 458 g/mol. The molecular formula is C37H27N. The molecule has 0 radical (unpaired) electrons. The number of rotatable bonds is 5. The van der Waals surface area contributed by atoms with E-state index in [0.29, 0.717) is 0 Å². The summed E-state index contributed by atoms with van der Waals surface area (Å²) in [7, 11) is 0. The number of para-hydroxylation sites is 1. The molecule has 0 aliphatic rings. The monoisotopic (exact) mass is 485 g/mol. The van der Waals surface area contributed by atoms with Crippen LogP contribution >= 0.6 is 0 Å². The molecule has 0 N–H and O–H groups in total. The topological polar surface area (TPSA) is 4.93 Å². The summed E-state index contributed by atoms with van der Waals surface area (Å²) in [5.41, 5.74) is 11.2. The highest BCUT2D eigenvalue weighted by molar-refractivity contribution is 6.10. The second-order valence-corrected chi connectivity index (χ2v) is 9.86. The van der Waals surface area contributed by atoms with E-state index < -0.39 is 0 Å². The van der Waals surface area contributed by atoms with Crippen LogP contribution in [0.25, 0.3) is 49.7 Å². The number of hydrogen-bond donors (Lipinski definition) is 0. The Morgan fingerprint density at radius 3 is 1.66 bits per heavy atom. The molecule has 180 valence electrons. The van der Waals surface area contributed by atoms with Crippen molar-refractivity contribution < 1.29 is 0 Å². The molecule has 0 saturated carbocycles. The van der Waals surface area contributed by atoms with Crippen molar-refractivity contribution in [3.8, 4) is 27.9 Å². The molecule has 38 heavy (non-hydrogen) atoms. The molecule has 1 heterocycles. The fourth-order valence-electron chi connectivity index (χ4n) is 5.51. The van der Waals surface area contributed by atoms with Gasteiger partial charge in [-0.2, -0.15) is 0 Å². The zero-order valence-electron chi connectivity index (χ0n) is 21.1. The Balaban J connectivity index is 1.27. The summed E-state index contributed by atoms with van der Waals surface area (Å²) >= 11 is 0. The number of nitrogens with zero attached hydrogens (tertiary/aromatic N) is 1. The molecule has 0 spiro atoms. The summed E-state index contributed by atoms with van der Waals surface area (Å²) in [6.45, 7) is 0. The van der Waals surface area contributed by atoms with Gasteiger partial charge in [-0.1, -0.05) is 121 Å². The molecule has 0 fully saturated rings. The predicted octanol–water partition coefficient (Wildman–Crippen LogP) is 9.71. The van der Waals surface area contributed by atoms with Gasteiger partial charge in [-0.3, -0.25) is 0 Å². The minimum absolute atomic E-state index is 0.955. The first-order valence-corrected chi connectivity index (χ1v) is 13.2. The summed E-state index contributed by atoms with van der Waals surface area (Å²) < 4.78 is 2.38. The van der Waals surface area contributed by atoms with Crippen LogP contribution in [0.3, 0.4) is 0 Å². The van der Waals surface area contributed by atoms with E-state index in [2.05, 4.69) is 156 Å². The molecule has 0 atom stereocenters. The maximum Gasteiger partial charge on any atom is 0.0541 e. The van der Waals surface area contributed by atoms with Gasteiger partial charge < -0.3 is 4.57 Å². The Bertz CT molecular complexity index is 1840.